The number of ether oxygens (including phenoxy) is 1. The number of hydrogen-bond acceptors (Lipinski definition) is 9. The van der Waals surface area contributed by atoms with Gasteiger partial charge >= 0.3 is 5.97 Å². The van der Waals surface area contributed by atoms with Crippen molar-refractivity contribution < 1.29 is 19.1 Å². The summed E-state index contributed by atoms with van der Waals surface area (Å²) in [5, 5.41) is 12.7. The maximum absolute atomic E-state index is 12.5. The first-order valence-electron chi connectivity index (χ1n) is 9.51. The second kappa shape index (κ2) is 8.06. The van der Waals surface area contributed by atoms with Crippen LogP contribution in [0.2, 0.25) is 0 Å². The van der Waals surface area contributed by atoms with Gasteiger partial charge in [0.2, 0.25) is 5.88 Å². The van der Waals surface area contributed by atoms with E-state index in [2.05, 4.69) is 27.3 Å². The zero-order valence-electron chi connectivity index (χ0n) is 16.4. The van der Waals surface area contributed by atoms with Crippen molar-refractivity contribution in [1.29, 1.82) is 0 Å². The Morgan fingerprint density at radius 1 is 1.38 bits per heavy atom. The smallest absolute Gasteiger partial charge is 0.347 e. The standard InChI is InChI=1S/C20H23N5O4/c1-3-28-20(27)16-17(26)15(11-13-12-22-18-14(13)5-4-6-21-18)29-19(16)23-25-9-7-24(2)8-10-25/h4-6,11-12,23,26H,3,7-10H2,1-2H3/b13-11+. The number of nitrogens with one attached hydrogen (secondary N) is 1. The van der Waals surface area contributed by atoms with E-state index >= 15 is 0 Å². The third-order valence-electron chi connectivity index (χ3n) is 4.86. The molecule has 0 amide bonds. The highest BCUT2D eigenvalue weighted by Gasteiger charge is 2.28. The number of allylic oxidation sites excluding steroid dienone is 1. The molecule has 152 valence electrons. The summed E-state index contributed by atoms with van der Waals surface area (Å²) in [5.41, 5.74) is 4.67. The van der Waals surface area contributed by atoms with E-state index < -0.39 is 5.97 Å². The zero-order valence-corrected chi connectivity index (χ0v) is 16.4. The number of likely N-dealkylation sites (N-methyl/N-ethyl adjacent to an activating group) is 1. The number of aromatic hydroxyl groups is 1. The molecule has 0 aliphatic carbocycles. The van der Waals surface area contributed by atoms with E-state index in [4.69, 9.17) is 9.15 Å². The number of furan rings is 1. The summed E-state index contributed by atoms with van der Waals surface area (Å²) < 4.78 is 11.0. The number of anilines is 1. The van der Waals surface area contributed by atoms with Crippen LogP contribution in [0.15, 0.2) is 27.7 Å². The molecule has 4 heterocycles. The Balaban J connectivity index is 1.67. The summed E-state index contributed by atoms with van der Waals surface area (Å²) in [4.78, 5) is 23.1. The number of hydrogen-bond donors (Lipinski definition) is 2. The fourth-order valence-electron chi connectivity index (χ4n) is 3.25. The van der Waals surface area contributed by atoms with Crippen LogP contribution in [-0.4, -0.2) is 72.0 Å². The number of hydrazine groups is 1. The summed E-state index contributed by atoms with van der Waals surface area (Å²) in [6, 6.07) is 3.70. The quantitative estimate of drug-likeness (QED) is 0.742. The Morgan fingerprint density at radius 3 is 2.93 bits per heavy atom. The van der Waals surface area contributed by atoms with E-state index in [0.29, 0.717) is 5.82 Å². The predicted octanol–water partition coefficient (Wildman–Crippen LogP) is 2.39. The van der Waals surface area contributed by atoms with Gasteiger partial charge in [0.15, 0.2) is 22.9 Å². The second-order valence-corrected chi connectivity index (χ2v) is 6.87. The third kappa shape index (κ3) is 3.87. The molecule has 1 fully saturated rings. The highest BCUT2D eigenvalue weighted by atomic mass is 16.5. The molecule has 0 unspecified atom stereocenters. The lowest BCUT2D eigenvalue weighted by Gasteiger charge is -2.32. The lowest BCUT2D eigenvalue weighted by atomic mass is 10.1. The molecule has 1 saturated heterocycles. The van der Waals surface area contributed by atoms with E-state index in [9.17, 15) is 9.90 Å². The molecule has 0 saturated carbocycles. The fourth-order valence-corrected chi connectivity index (χ4v) is 3.25. The zero-order chi connectivity index (χ0) is 20.4. The Labute approximate surface area is 168 Å². The maximum Gasteiger partial charge on any atom is 0.347 e. The van der Waals surface area contributed by atoms with Crippen molar-refractivity contribution in [2.75, 3.05) is 45.3 Å². The largest absolute Gasteiger partial charge is 0.504 e. The lowest BCUT2D eigenvalue weighted by Crippen LogP contribution is -2.47. The summed E-state index contributed by atoms with van der Waals surface area (Å²) in [5.74, 6) is 0.0169. The van der Waals surface area contributed by atoms with Crippen LogP contribution in [-0.2, 0) is 4.74 Å². The number of rotatable bonds is 5. The predicted molar refractivity (Wildman–Crippen MR) is 109 cm³/mol. The molecule has 2 aromatic heterocycles. The topological polar surface area (TPSA) is 103 Å². The first-order chi connectivity index (χ1) is 14.1. The Bertz CT molecular complexity index is 973. The van der Waals surface area contributed by atoms with Gasteiger partial charge in [0.25, 0.3) is 0 Å². The lowest BCUT2D eigenvalue weighted by molar-refractivity contribution is 0.0523. The molecule has 9 nitrogen and oxygen atoms in total. The average Bonchev–Trinajstić information content (AvgIpc) is 3.25. The number of aromatic nitrogens is 1. The van der Waals surface area contributed by atoms with Gasteiger partial charge in [-0.25, -0.2) is 19.8 Å². The highest BCUT2D eigenvalue weighted by Crippen LogP contribution is 2.38. The van der Waals surface area contributed by atoms with Crippen molar-refractivity contribution in [2.45, 2.75) is 6.92 Å². The van der Waals surface area contributed by atoms with Crippen molar-refractivity contribution in [3.63, 3.8) is 0 Å². The van der Waals surface area contributed by atoms with Crippen molar-refractivity contribution in [3.8, 4) is 5.75 Å². The first-order valence-corrected chi connectivity index (χ1v) is 9.51. The van der Waals surface area contributed by atoms with Crippen LogP contribution in [0.4, 0.5) is 11.7 Å². The van der Waals surface area contributed by atoms with Crippen LogP contribution >= 0.6 is 0 Å². The summed E-state index contributed by atoms with van der Waals surface area (Å²) in [7, 11) is 2.06. The van der Waals surface area contributed by atoms with E-state index in [1.807, 2.05) is 17.1 Å². The molecule has 0 spiro atoms. The number of carbonyl (C=O) groups excluding carboxylic acids is 1. The van der Waals surface area contributed by atoms with Gasteiger partial charge in [-0.05, 0) is 32.2 Å². The third-order valence-corrected chi connectivity index (χ3v) is 4.86. The molecule has 2 aliphatic rings. The van der Waals surface area contributed by atoms with Crippen molar-refractivity contribution in [2.24, 2.45) is 4.99 Å². The average molecular weight is 397 g/mol. The normalized spacial score (nSPS) is 18.2. The van der Waals surface area contributed by atoms with Crippen LogP contribution in [0.3, 0.4) is 0 Å². The highest BCUT2D eigenvalue weighted by molar-refractivity contribution is 6.21. The maximum atomic E-state index is 12.5. The van der Waals surface area contributed by atoms with Crippen molar-refractivity contribution >= 4 is 35.5 Å². The molecule has 0 bridgehead atoms. The van der Waals surface area contributed by atoms with Crippen LogP contribution in [0.5, 0.6) is 5.75 Å². The Morgan fingerprint density at radius 2 is 2.17 bits per heavy atom. The first kappa shape index (κ1) is 19.2. The van der Waals surface area contributed by atoms with Gasteiger partial charge in [-0.2, -0.15) is 0 Å². The van der Waals surface area contributed by atoms with Gasteiger partial charge in [-0.3, -0.25) is 5.43 Å². The summed E-state index contributed by atoms with van der Waals surface area (Å²) in [6.07, 6.45) is 4.96. The van der Waals surface area contributed by atoms with Gasteiger partial charge in [0.05, 0.1) is 6.61 Å². The number of nitrogens with zero attached hydrogens (tertiary/aromatic N) is 4. The monoisotopic (exact) mass is 397 g/mol. The van der Waals surface area contributed by atoms with Gasteiger partial charge in [-0.15, -0.1) is 0 Å². The molecule has 4 rings (SSSR count). The van der Waals surface area contributed by atoms with Gasteiger partial charge in [0.1, 0.15) is 0 Å². The number of piperazine rings is 1. The van der Waals surface area contributed by atoms with E-state index in [1.54, 1.807) is 25.4 Å². The molecule has 0 radical (unpaired) electrons. The Hall–Kier alpha value is -3.17. The molecule has 2 N–H and O–H groups in total. The SMILES string of the molecule is CCOC(=O)c1c(NN2CCN(C)CC2)oc(/C=C2\C=Nc3ncccc32)c1O. The van der Waals surface area contributed by atoms with E-state index in [0.717, 1.165) is 37.3 Å². The summed E-state index contributed by atoms with van der Waals surface area (Å²) >= 11 is 0. The van der Waals surface area contributed by atoms with Crippen LogP contribution in [0.25, 0.3) is 11.6 Å². The van der Waals surface area contributed by atoms with Gasteiger partial charge in [-0.1, -0.05) is 0 Å². The number of fused-ring (bicyclic) bond motifs is 1. The minimum atomic E-state index is -0.641. The van der Waals surface area contributed by atoms with Crippen molar-refractivity contribution in [3.05, 3.63) is 35.2 Å². The van der Waals surface area contributed by atoms with Gasteiger partial charge < -0.3 is 19.2 Å². The molecular weight excluding hydrogens is 374 g/mol. The van der Waals surface area contributed by atoms with Crippen molar-refractivity contribution in [1.82, 2.24) is 14.9 Å². The second-order valence-electron chi connectivity index (χ2n) is 6.87. The fraction of sp³-hybridized carbons (Fsp3) is 0.350. The molecule has 2 aromatic rings. The molecule has 2 aliphatic heterocycles. The molecule has 0 aromatic carbocycles. The number of carbonyl (C=O) groups is 1. The van der Waals surface area contributed by atoms with Crippen LogP contribution < -0.4 is 5.43 Å². The van der Waals surface area contributed by atoms with E-state index in [-0.39, 0.29) is 29.6 Å². The molecule has 29 heavy (non-hydrogen) atoms. The minimum absolute atomic E-state index is 0.0148. The number of aliphatic imine (C=N–C) groups is 1. The molecule has 9 heteroatoms. The number of esters is 1. The summed E-state index contributed by atoms with van der Waals surface area (Å²) in [6.45, 7) is 5.17. The van der Waals surface area contributed by atoms with E-state index in [1.165, 1.54) is 0 Å². The van der Waals surface area contributed by atoms with Gasteiger partial charge in [0, 0.05) is 49.7 Å². The van der Waals surface area contributed by atoms with Crippen LogP contribution in [0, 0.1) is 0 Å². The number of pyridine rings is 1. The Kier molecular flexibility index (Phi) is 5.32. The van der Waals surface area contributed by atoms with Crippen LogP contribution in [0.1, 0.15) is 28.6 Å². The molecular formula is C20H23N5O4. The molecule has 0 atom stereocenters. The minimum Gasteiger partial charge on any atom is -0.504 e.